The maximum atomic E-state index is 12.0. The average molecular weight is 414 g/mol. The van der Waals surface area contributed by atoms with Gasteiger partial charge in [0.2, 0.25) is 5.91 Å². The smallest absolute Gasteiger partial charge is 0.271 e. The van der Waals surface area contributed by atoms with Crippen molar-refractivity contribution in [3.63, 3.8) is 0 Å². The Morgan fingerprint density at radius 3 is 2.52 bits per heavy atom. The van der Waals surface area contributed by atoms with Crippen molar-refractivity contribution >= 4 is 51.1 Å². The molecule has 2 aromatic carbocycles. The molecule has 2 rings (SSSR count). The van der Waals surface area contributed by atoms with Crippen LogP contribution in [0.2, 0.25) is 5.02 Å². The zero-order chi connectivity index (χ0) is 16.8. The Hall–Kier alpha value is -1.50. The largest absolute Gasteiger partial charge is 0.272 e. The van der Waals surface area contributed by atoms with Crippen LogP contribution in [0, 0.1) is 6.92 Å². The molecule has 0 heterocycles. The van der Waals surface area contributed by atoms with Crippen molar-refractivity contribution in [2.24, 2.45) is 0 Å². The number of halogens is 2. The lowest BCUT2D eigenvalue weighted by molar-refractivity contribution is -0.119. The van der Waals surface area contributed by atoms with Crippen LogP contribution >= 0.6 is 39.3 Å². The minimum Gasteiger partial charge on any atom is -0.272 e. The van der Waals surface area contributed by atoms with Crippen LogP contribution in [0.1, 0.15) is 15.9 Å². The van der Waals surface area contributed by atoms with Gasteiger partial charge in [-0.15, -0.1) is 11.8 Å². The van der Waals surface area contributed by atoms with Crippen molar-refractivity contribution < 1.29 is 9.59 Å². The van der Waals surface area contributed by atoms with Crippen molar-refractivity contribution in [2.45, 2.75) is 11.8 Å². The monoisotopic (exact) mass is 412 g/mol. The molecule has 0 aromatic heterocycles. The highest BCUT2D eigenvalue weighted by Gasteiger charge is 2.12. The molecule has 2 amide bonds. The fraction of sp³-hybridized carbons (Fsp3) is 0.125. The van der Waals surface area contributed by atoms with E-state index < -0.39 is 5.91 Å². The molecule has 4 nitrogen and oxygen atoms in total. The Morgan fingerprint density at radius 1 is 1.13 bits per heavy atom. The number of carbonyl (C=O) groups is 2. The summed E-state index contributed by atoms with van der Waals surface area (Å²) in [6.45, 7) is 2.00. The minimum atomic E-state index is -0.468. The molecule has 0 spiro atoms. The second kappa shape index (κ2) is 8.38. The predicted octanol–water partition coefficient (Wildman–Crippen LogP) is 3.96. The molecule has 0 aliphatic carbocycles. The lowest BCUT2D eigenvalue weighted by atomic mass is 10.2. The third-order valence-electron chi connectivity index (χ3n) is 2.88. The molecule has 0 fully saturated rings. The lowest BCUT2D eigenvalue weighted by Crippen LogP contribution is -2.42. The van der Waals surface area contributed by atoms with Gasteiger partial charge < -0.3 is 0 Å². The molecule has 0 aliphatic rings. The third kappa shape index (κ3) is 5.57. The highest BCUT2D eigenvalue weighted by atomic mass is 79.9. The van der Waals surface area contributed by atoms with E-state index in [0.29, 0.717) is 5.02 Å². The summed E-state index contributed by atoms with van der Waals surface area (Å²) < 4.78 is 0.730. The maximum Gasteiger partial charge on any atom is 0.271 e. The van der Waals surface area contributed by atoms with Gasteiger partial charge in [0.1, 0.15) is 0 Å². The number of benzene rings is 2. The summed E-state index contributed by atoms with van der Waals surface area (Å²) in [6.07, 6.45) is 0. The minimum absolute atomic E-state index is 0.204. The summed E-state index contributed by atoms with van der Waals surface area (Å²) in [6, 6.07) is 12.8. The zero-order valence-corrected chi connectivity index (χ0v) is 15.4. The molecule has 0 saturated heterocycles. The second-order valence-electron chi connectivity index (χ2n) is 4.73. The van der Waals surface area contributed by atoms with Crippen LogP contribution < -0.4 is 10.9 Å². The highest BCUT2D eigenvalue weighted by Crippen LogP contribution is 2.21. The van der Waals surface area contributed by atoms with Gasteiger partial charge in [-0.2, -0.15) is 0 Å². The molecule has 7 heteroatoms. The van der Waals surface area contributed by atoms with Gasteiger partial charge in [-0.3, -0.25) is 20.4 Å². The standard InChI is InChI=1S/C16H14BrClN2O2S/c1-10-2-5-12(6-3-10)23-9-15(21)19-20-16(22)13-8-11(17)4-7-14(13)18/h2-8H,9H2,1H3,(H,19,21)(H,20,22). The molecule has 2 aromatic rings. The third-order valence-corrected chi connectivity index (χ3v) is 4.71. The van der Waals surface area contributed by atoms with Crippen molar-refractivity contribution in [3.8, 4) is 0 Å². The normalized spacial score (nSPS) is 10.2. The number of carbonyl (C=O) groups excluding carboxylic acids is 2. The molecule has 0 aliphatic heterocycles. The van der Waals surface area contributed by atoms with Gasteiger partial charge in [-0.05, 0) is 37.3 Å². The van der Waals surface area contributed by atoms with Crippen molar-refractivity contribution in [1.29, 1.82) is 0 Å². The highest BCUT2D eigenvalue weighted by molar-refractivity contribution is 9.10. The van der Waals surface area contributed by atoms with E-state index >= 15 is 0 Å². The Labute approximate surface area is 152 Å². The first kappa shape index (κ1) is 17.8. The molecule has 0 bridgehead atoms. The summed E-state index contributed by atoms with van der Waals surface area (Å²) in [7, 11) is 0. The van der Waals surface area contributed by atoms with Crippen LogP contribution in [-0.4, -0.2) is 17.6 Å². The maximum absolute atomic E-state index is 12.0. The number of hydrogen-bond acceptors (Lipinski definition) is 3. The first-order chi connectivity index (χ1) is 11.0. The number of amides is 2. The van der Waals surface area contributed by atoms with Gasteiger partial charge in [-0.1, -0.05) is 45.2 Å². The van der Waals surface area contributed by atoms with E-state index in [1.807, 2.05) is 31.2 Å². The summed E-state index contributed by atoms with van der Waals surface area (Å²) in [5.41, 5.74) is 6.18. The van der Waals surface area contributed by atoms with E-state index in [1.165, 1.54) is 11.8 Å². The van der Waals surface area contributed by atoms with E-state index in [2.05, 4.69) is 26.8 Å². The van der Waals surface area contributed by atoms with Crippen molar-refractivity contribution in [2.75, 3.05) is 5.75 Å². The molecule has 0 saturated carbocycles. The fourth-order valence-corrected chi connectivity index (χ4v) is 2.95. The fourth-order valence-electron chi connectivity index (χ4n) is 1.68. The van der Waals surface area contributed by atoms with Crippen LogP contribution in [-0.2, 0) is 4.79 Å². The SMILES string of the molecule is Cc1ccc(SCC(=O)NNC(=O)c2cc(Br)ccc2Cl)cc1. The molecule has 0 unspecified atom stereocenters. The second-order valence-corrected chi connectivity index (χ2v) is 7.10. The summed E-state index contributed by atoms with van der Waals surface area (Å²) in [5, 5.41) is 0.314. The van der Waals surface area contributed by atoms with Crippen LogP contribution in [0.15, 0.2) is 51.8 Å². The van der Waals surface area contributed by atoms with Crippen LogP contribution in [0.3, 0.4) is 0 Å². The van der Waals surface area contributed by atoms with Crippen LogP contribution in [0.4, 0.5) is 0 Å². The Morgan fingerprint density at radius 2 is 1.83 bits per heavy atom. The van der Waals surface area contributed by atoms with Crippen LogP contribution in [0.25, 0.3) is 0 Å². The Kier molecular flexibility index (Phi) is 6.50. The molecular weight excluding hydrogens is 400 g/mol. The molecule has 23 heavy (non-hydrogen) atoms. The predicted molar refractivity (Wildman–Crippen MR) is 96.7 cm³/mol. The number of hydrogen-bond donors (Lipinski definition) is 2. The molecule has 120 valence electrons. The summed E-state index contributed by atoms with van der Waals surface area (Å²) in [4.78, 5) is 24.8. The average Bonchev–Trinajstić information content (AvgIpc) is 2.54. The topological polar surface area (TPSA) is 58.2 Å². The van der Waals surface area contributed by atoms with Crippen molar-refractivity contribution in [3.05, 3.63) is 63.1 Å². The number of nitrogens with one attached hydrogen (secondary N) is 2. The number of rotatable bonds is 4. The van der Waals surface area contributed by atoms with E-state index in [4.69, 9.17) is 11.6 Å². The first-order valence-electron chi connectivity index (χ1n) is 6.69. The Balaban J connectivity index is 1.83. The quantitative estimate of drug-likeness (QED) is 0.589. The van der Waals surface area contributed by atoms with Crippen LogP contribution in [0.5, 0.6) is 0 Å². The van der Waals surface area contributed by atoms with Gasteiger partial charge in [0, 0.05) is 9.37 Å². The Bertz CT molecular complexity index is 723. The van der Waals surface area contributed by atoms with Gasteiger partial charge in [0.25, 0.3) is 5.91 Å². The van der Waals surface area contributed by atoms with E-state index in [0.717, 1.165) is 14.9 Å². The van der Waals surface area contributed by atoms with E-state index in [1.54, 1.807) is 18.2 Å². The van der Waals surface area contributed by atoms with E-state index in [-0.39, 0.29) is 17.2 Å². The summed E-state index contributed by atoms with van der Waals surface area (Å²) in [5.74, 6) is -0.560. The molecule has 0 atom stereocenters. The van der Waals surface area contributed by atoms with Gasteiger partial charge in [-0.25, -0.2) is 0 Å². The number of hydrazine groups is 1. The number of aryl methyl sites for hydroxylation is 1. The van der Waals surface area contributed by atoms with E-state index in [9.17, 15) is 9.59 Å². The van der Waals surface area contributed by atoms with Gasteiger partial charge in [0.15, 0.2) is 0 Å². The van der Waals surface area contributed by atoms with Gasteiger partial charge >= 0.3 is 0 Å². The number of thioether (sulfide) groups is 1. The zero-order valence-electron chi connectivity index (χ0n) is 12.2. The lowest BCUT2D eigenvalue weighted by Gasteiger charge is -2.09. The molecular formula is C16H14BrClN2O2S. The molecule has 2 N–H and O–H groups in total. The van der Waals surface area contributed by atoms with Gasteiger partial charge in [0.05, 0.1) is 16.3 Å². The van der Waals surface area contributed by atoms with Crippen molar-refractivity contribution in [1.82, 2.24) is 10.9 Å². The summed E-state index contributed by atoms with van der Waals surface area (Å²) >= 11 is 10.6. The molecule has 0 radical (unpaired) electrons. The first-order valence-corrected chi connectivity index (χ1v) is 8.85.